The number of hydrogen-bond acceptors (Lipinski definition) is 2. The number of hydrogen-bond donors (Lipinski definition) is 1. The summed E-state index contributed by atoms with van der Waals surface area (Å²) in [4.78, 5) is 14.4. The van der Waals surface area contributed by atoms with Crippen molar-refractivity contribution in [3.8, 4) is 0 Å². The lowest BCUT2D eigenvalue weighted by molar-refractivity contribution is 0.605. The van der Waals surface area contributed by atoms with Gasteiger partial charge in [0.25, 0.3) is 0 Å². The summed E-state index contributed by atoms with van der Waals surface area (Å²) < 4.78 is 2.49. The smallest absolute Gasteiger partial charge is 0.298 e. The van der Waals surface area contributed by atoms with E-state index >= 15 is 0 Å². The molecule has 0 atom stereocenters. The Hall–Kier alpha value is -0.900. The minimum atomic E-state index is -0.0440. The van der Waals surface area contributed by atoms with Crippen molar-refractivity contribution in [2.24, 2.45) is 0 Å². The summed E-state index contributed by atoms with van der Waals surface area (Å²) in [5.41, 5.74) is 2.31. The Kier molecular flexibility index (Phi) is 2.54. The molecule has 1 aliphatic rings. The van der Waals surface area contributed by atoms with Crippen molar-refractivity contribution in [3.05, 3.63) is 26.4 Å². The molecule has 0 aromatic carbocycles. The third-order valence-electron chi connectivity index (χ3n) is 2.70. The molecule has 1 aromatic rings. The highest BCUT2D eigenvalue weighted by molar-refractivity contribution is 7.71. The Morgan fingerprint density at radius 2 is 2.29 bits per heavy atom. The maximum atomic E-state index is 11.6. The summed E-state index contributed by atoms with van der Waals surface area (Å²) in [5, 5.41) is 0. The van der Waals surface area contributed by atoms with Crippen molar-refractivity contribution in [1.82, 2.24) is 9.55 Å². The fourth-order valence-electron chi connectivity index (χ4n) is 2.09. The standard InChI is InChI=1S/C10H14N2OS/c1-2-6-12-8-5-3-4-7(8)9(14)11-10(12)13/h2-6H2,1H3,(H,11,13,14). The number of aromatic amines is 1. The van der Waals surface area contributed by atoms with Crippen LogP contribution in [0.2, 0.25) is 0 Å². The van der Waals surface area contributed by atoms with Crippen molar-refractivity contribution in [2.75, 3.05) is 0 Å². The molecule has 0 fully saturated rings. The average molecular weight is 210 g/mol. The van der Waals surface area contributed by atoms with Gasteiger partial charge in [-0.1, -0.05) is 19.1 Å². The molecule has 0 amide bonds. The lowest BCUT2D eigenvalue weighted by atomic mass is 10.2. The fraction of sp³-hybridized carbons (Fsp3) is 0.600. The van der Waals surface area contributed by atoms with Gasteiger partial charge in [0, 0.05) is 17.8 Å². The first-order valence-corrected chi connectivity index (χ1v) is 5.49. The zero-order chi connectivity index (χ0) is 10.1. The minimum absolute atomic E-state index is 0.0440. The lowest BCUT2D eigenvalue weighted by Crippen LogP contribution is -2.26. The maximum absolute atomic E-state index is 11.6. The normalized spacial score (nSPS) is 14.4. The van der Waals surface area contributed by atoms with Crippen LogP contribution in [0.15, 0.2) is 4.79 Å². The molecular formula is C10H14N2OS. The molecular weight excluding hydrogens is 196 g/mol. The van der Waals surface area contributed by atoms with Crippen LogP contribution in [0.3, 0.4) is 0 Å². The molecule has 1 N–H and O–H groups in total. The van der Waals surface area contributed by atoms with Gasteiger partial charge in [0.05, 0.1) is 0 Å². The van der Waals surface area contributed by atoms with Gasteiger partial charge < -0.3 is 0 Å². The van der Waals surface area contributed by atoms with Gasteiger partial charge in [-0.25, -0.2) is 4.79 Å². The molecule has 0 spiro atoms. The largest absolute Gasteiger partial charge is 0.326 e. The van der Waals surface area contributed by atoms with Crippen LogP contribution in [0.5, 0.6) is 0 Å². The monoisotopic (exact) mass is 210 g/mol. The predicted molar refractivity (Wildman–Crippen MR) is 58.2 cm³/mol. The van der Waals surface area contributed by atoms with Crippen molar-refractivity contribution >= 4 is 12.2 Å². The molecule has 1 aromatic heterocycles. The van der Waals surface area contributed by atoms with Gasteiger partial charge in [-0.2, -0.15) is 0 Å². The molecule has 0 radical (unpaired) electrons. The second kappa shape index (κ2) is 3.69. The Morgan fingerprint density at radius 3 is 3.00 bits per heavy atom. The SMILES string of the molecule is CCCn1c2c(c(=S)[nH]c1=O)CCC2. The van der Waals surface area contributed by atoms with Crippen molar-refractivity contribution in [3.63, 3.8) is 0 Å². The van der Waals surface area contributed by atoms with E-state index in [1.807, 2.05) is 4.57 Å². The molecule has 4 heteroatoms. The van der Waals surface area contributed by atoms with Gasteiger partial charge in [-0.3, -0.25) is 9.55 Å². The van der Waals surface area contributed by atoms with Crippen LogP contribution in [0, 0.1) is 4.64 Å². The summed E-state index contributed by atoms with van der Waals surface area (Å²) in [6.45, 7) is 2.88. The van der Waals surface area contributed by atoms with Gasteiger partial charge in [0.1, 0.15) is 4.64 Å². The van der Waals surface area contributed by atoms with E-state index < -0.39 is 0 Å². The van der Waals surface area contributed by atoms with Gasteiger partial charge in [-0.15, -0.1) is 0 Å². The Morgan fingerprint density at radius 1 is 1.50 bits per heavy atom. The van der Waals surface area contributed by atoms with E-state index in [4.69, 9.17) is 12.2 Å². The maximum Gasteiger partial charge on any atom is 0.326 e. The molecule has 76 valence electrons. The van der Waals surface area contributed by atoms with E-state index in [9.17, 15) is 4.79 Å². The summed E-state index contributed by atoms with van der Waals surface area (Å²) in [5.74, 6) is 0. The second-order valence-corrected chi connectivity index (χ2v) is 4.10. The first kappa shape index (κ1) is 9.65. The van der Waals surface area contributed by atoms with Crippen molar-refractivity contribution in [2.45, 2.75) is 39.2 Å². The summed E-state index contributed by atoms with van der Waals surface area (Å²) >= 11 is 5.14. The van der Waals surface area contributed by atoms with Crippen LogP contribution in [0.25, 0.3) is 0 Å². The Balaban J connectivity index is 2.66. The number of fused-ring (bicyclic) bond motifs is 1. The van der Waals surface area contributed by atoms with Crippen molar-refractivity contribution < 1.29 is 0 Å². The molecule has 0 bridgehead atoms. The summed E-state index contributed by atoms with van der Waals surface area (Å²) in [7, 11) is 0. The highest BCUT2D eigenvalue weighted by Gasteiger charge is 2.17. The molecule has 0 aliphatic heterocycles. The molecule has 0 unspecified atom stereocenters. The topological polar surface area (TPSA) is 37.8 Å². The van der Waals surface area contributed by atoms with Crippen LogP contribution in [-0.4, -0.2) is 9.55 Å². The molecule has 0 saturated heterocycles. The molecule has 1 heterocycles. The van der Waals surface area contributed by atoms with E-state index in [2.05, 4.69) is 11.9 Å². The average Bonchev–Trinajstić information content (AvgIpc) is 2.60. The van der Waals surface area contributed by atoms with E-state index in [1.54, 1.807) is 0 Å². The number of rotatable bonds is 2. The number of H-pyrrole nitrogens is 1. The highest BCUT2D eigenvalue weighted by atomic mass is 32.1. The molecule has 14 heavy (non-hydrogen) atoms. The van der Waals surface area contributed by atoms with Gasteiger partial charge in [0.2, 0.25) is 0 Å². The van der Waals surface area contributed by atoms with E-state index in [0.29, 0.717) is 4.64 Å². The molecule has 3 nitrogen and oxygen atoms in total. The molecule has 0 saturated carbocycles. The lowest BCUT2D eigenvalue weighted by Gasteiger charge is -2.09. The third-order valence-corrected chi connectivity index (χ3v) is 3.05. The highest BCUT2D eigenvalue weighted by Crippen LogP contribution is 2.20. The number of nitrogens with one attached hydrogen (secondary N) is 1. The molecule has 2 rings (SSSR count). The first-order chi connectivity index (χ1) is 6.74. The second-order valence-electron chi connectivity index (χ2n) is 3.69. The summed E-state index contributed by atoms with van der Waals surface area (Å²) in [6, 6.07) is 0. The zero-order valence-electron chi connectivity index (χ0n) is 8.30. The Bertz CT molecular complexity index is 458. The van der Waals surface area contributed by atoms with Gasteiger partial charge in [0.15, 0.2) is 0 Å². The predicted octanol–water partition coefficient (Wildman–Crippen LogP) is 1.80. The quantitative estimate of drug-likeness (QED) is 0.756. The van der Waals surface area contributed by atoms with Crippen LogP contribution in [-0.2, 0) is 19.4 Å². The third kappa shape index (κ3) is 1.43. The van der Waals surface area contributed by atoms with E-state index in [1.165, 1.54) is 11.3 Å². The first-order valence-electron chi connectivity index (χ1n) is 5.09. The van der Waals surface area contributed by atoms with Crippen LogP contribution in [0.4, 0.5) is 0 Å². The van der Waals surface area contributed by atoms with Crippen molar-refractivity contribution in [1.29, 1.82) is 0 Å². The summed E-state index contributed by atoms with van der Waals surface area (Å²) in [6.07, 6.45) is 4.13. The van der Waals surface area contributed by atoms with Crippen LogP contribution < -0.4 is 5.69 Å². The molecule has 1 aliphatic carbocycles. The number of aromatic nitrogens is 2. The van der Waals surface area contributed by atoms with E-state index in [-0.39, 0.29) is 5.69 Å². The van der Waals surface area contributed by atoms with Gasteiger partial charge in [-0.05, 0) is 25.7 Å². The minimum Gasteiger partial charge on any atom is -0.298 e. The zero-order valence-corrected chi connectivity index (χ0v) is 9.12. The van der Waals surface area contributed by atoms with E-state index in [0.717, 1.165) is 32.2 Å². The number of nitrogens with zero attached hydrogens (tertiary/aromatic N) is 1. The van der Waals surface area contributed by atoms with Gasteiger partial charge >= 0.3 is 5.69 Å². The fourth-order valence-corrected chi connectivity index (χ4v) is 2.40. The van der Waals surface area contributed by atoms with Crippen LogP contribution in [0.1, 0.15) is 31.0 Å². The Labute approximate surface area is 87.8 Å². The van der Waals surface area contributed by atoms with Crippen LogP contribution >= 0.6 is 12.2 Å².